The Hall–Kier alpha value is -1.74. The number of hydrogen-bond donors (Lipinski definition) is 1. The van der Waals surface area contributed by atoms with Crippen LogP contribution >= 0.6 is 0 Å². The fraction of sp³-hybridized carbons (Fsp3) is 0.444. The lowest BCUT2D eigenvalue weighted by molar-refractivity contribution is 0.319. The van der Waals surface area contributed by atoms with E-state index in [9.17, 15) is 0 Å². The van der Waals surface area contributed by atoms with Gasteiger partial charge in [-0.25, -0.2) is 0 Å². The van der Waals surface area contributed by atoms with Crippen LogP contribution in [0.4, 0.5) is 0 Å². The van der Waals surface area contributed by atoms with Crippen LogP contribution in [0.5, 0.6) is 5.75 Å². The normalized spacial score (nSPS) is 23.5. The molecular formula is C18H22N2O. The van der Waals surface area contributed by atoms with Crippen molar-refractivity contribution in [3.05, 3.63) is 53.3 Å². The van der Waals surface area contributed by atoms with Gasteiger partial charge in [-0.1, -0.05) is 18.2 Å². The highest BCUT2D eigenvalue weighted by Crippen LogP contribution is 2.36. The van der Waals surface area contributed by atoms with Gasteiger partial charge >= 0.3 is 0 Å². The molecule has 3 heteroatoms. The van der Waals surface area contributed by atoms with Crippen molar-refractivity contribution in [2.75, 3.05) is 13.7 Å². The van der Waals surface area contributed by atoms with E-state index in [4.69, 9.17) is 4.74 Å². The number of aryl methyl sites for hydroxylation is 1. The molecule has 2 atom stereocenters. The molecule has 3 nitrogen and oxygen atoms in total. The van der Waals surface area contributed by atoms with Gasteiger partial charge in [-0.15, -0.1) is 0 Å². The third-order valence-corrected chi connectivity index (χ3v) is 4.89. The van der Waals surface area contributed by atoms with Crippen molar-refractivity contribution in [3.63, 3.8) is 0 Å². The number of benzene rings is 1. The van der Waals surface area contributed by atoms with E-state index >= 15 is 0 Å². The summed E-state index contributed by atoms with van der Waals surface area (Å²) < 4.78 is 8.17. The van der Waals surface area contributed by atoms with Crippen molar-refractivity contribution in [1.29, 1.82) is 0 Å². The first-order valence-corrected chi connectivity index (χ1v) is 7.92. The first kappa shape index (κ1) is 13.0. The van der Waals surface area contributed by atoms with Gasteiger partial charge in [0.1, 0.15) is 5.75 Å². The molecule has 0 spiro atoms. The van der Waals surface area contributed by atoms with Crippen LogP contribution in [0.1, 0.15) is 41.5 Å². The zero-order chi connectivity index (χ0) is 14.2. The minimum atomic E-state index is 0.475. The highest BCUT2D eigenvalue weighted by Gasteiger charge is 2.25. The topological polar surface area (TPSA) is 26.2 Å². The number of fused-ring (bicyclic) bond motifs is 2. The third kappa shape index (κ3) is 2.26. The fourth-order valence-electron chi connectivity index (χ4n) is 3.79. The van der Waals surface area contributed by atoms with Crippen molar-refractivity contribution in [2.24, 2.45) is 0 Å². The second-order valence-corrected chi connectivity index (χ2v) is 6.21. The number of nitrogens with zero attached hydrogens (tertiary/aromatic N) is 1. The van der Waals surface area contributed by atoms with E-state index in [2.05, 4.69) is 47.5 Å². The Balaban J connectivity index is 1.58. The first-order valence-electron chi connectivity index (χ1n) is 7.92. The van der Waals surface area contributed by atoms with E-state index in [1.54, 1.807) is 0 Å². The lowest BCUT2D eigenvalue weighted by Gasteiger charge is -2.21. The first-order chi connectivity index (χ1) is 10.3. The SMILES string of the molecule is CNC1CCCc2cn(CC3COc4ccccc43)cc21. The molecule has 0 radical (unpaired) electrons. The zero-order valence-corrected chi connectivity index (χ0v) is 12.5. The van der Waals surface area contributed by atoms with E-state index in [0.717, 1.165) is 18.9 Å². The van der Waals surface area contributed by atoms with Crippen molar-refractivity contribution in [3.8, 4) is 5.75 Å². The van der Waals surface area contributed by atoms with Crippen LogP contribution in [-0.2, 0) is 13.0 Å². The Labute approximate surface area is 125 Å². The summed E-state index contributed by atoms with van der Waals surface area (Å²) in [7, 11) is 2.07. The molecule has 0 saturated carbocycles. The summed E-state index contributed by atoms with van der Waals surface area (Å²) in [6, 6.07) is 8.97. The molecule has 2 unspecified atom stereocenters. The van der Waals surface area contributed by atoms with E-state index in [1.165, 1.54) is 36.0 Å². The summed E-state index contributed by atoms with van der Waals surface area (Å²) in [5.74, 6) is 1.54. The molecule has 4 rings (SSSR count). The third-order valence-electron chi connectivity index (χ3n) is 4.89. The van der Waals surface area contributed by atoms with E-state index in [-0.39, 0.29) is 0 Å². The Morgan fingerprint density at radius 3 is 3.05 bits per heavy atom. The number of rotatable bonds is 3. The summed E-state index contributed by atoms with van der Waals surface area (Å²) in [6.07, 6.45) is 8.45. The number of nitrogens with one attached hydrogen (secondary N) is 1. The second kappa shape index (κ2) is 5.23. The van der Waals surface area contributed by atoms with Crippen LogP contribution in [-0.4, -0.2) is 18.2 Å². The van der Waals surface area contributed by atoms with E-state index in [0.29, 0.717) is 12.0 Å². The predicted molar refractivity (Wildman–Crippen MR) is 83.8 cm³/mol. The van der Waals surface area contributed by atoms with E-state index in [1.807, 2.05) is 6.07 Å². The molecule has 1 N–H and O–H groups in total. The van der Waals surface area contributed by atoms with Crippen molar-refractivity contribution in [2.45, 2.75) is 37.8 Å². The Morgan fingerprint density at radius 2 is 2.14 bits per heavy atom. The van der Waals surface area contributed by atoms with Gasteiger partial charge in [-0.3, -0.25) is 0 Å². The quantitative estimate of drug-likeness (QED) is 0.935. The summed E-state index contributed by atoms with van der Waals surface area (Å²) in [6.45, 7) is 1.82. The van der Waals surface area contributed by atoms with Crippen LogP contribution in [0, 0.1) is 0 Å². The molecule has 1 aliphatic heterocycles. The largest absolute Gasteiger partial charge is 0.493 e. The summed E-state index contributed by atoms with van der Waals surface area (Å²) in [4.78, 5) is 0. The predicted octanol–water partition coefficient (Wildman–Crippen LogP) is 3.26. The molecule has 2 aromatic rings. The number of aromatic nitrogens is 1. The molecule has 2 aliphatic rings. The number of para-hydroxylation sites is 1. The average Bonchev–Trinajstić information content (AvgIpc) is 3.11. The second-order valence-electron chi connectivity index (χ2n) is 6.21. The van der Waals surface area contributed by atoms with Crippen LogP contribution < -0.4 is 10.1 Å². The number of ether oxygens (including phenoxy) is 1. The summed E-state index contributed by atoms with van der Waals surface area (Å²) >= 11 is 0. The molecule has 0 fully saturated rings. The van der Waals surface area contributed by atoms with Crippen LogP contribution in [0.15, 0.2) is 36.7 Å². The highest BCUT2D eigenvalue weighted by molar-refractivity contribution is 5.39. The lowest BCUT2D eigenvalue weighted by atomic mass is 9.91. The van der Waals surface area contributed by atoms with Gasteiger partial charge in [0.2, 0.25) is 0 Å². The van der Waals surface area contributed by atoms with Gasteiger partial charge in [0.05, 0.1) is 6.61 Å². The van der Waals surface area contributed by atoms with Gasteiger partial charge in [-0.05, 0) is 43.5 Å². The summed E-state index contributed by atoms with van der Waals surface area (Å²) in [5, 5.41) is 3.44. The molecular weight excluding hydrogens is 260 g/mol. The Kier molecular flexibility index (Phi) is 3.23. The minimum absolute atomic E-state index is 0.475. The van der Waals surface area contributed by atoms with Gasteiger partial charge in [0, 0.05) is 36.5 Å². The van der Waals surface area contributed by atoms with Gasteiger partial charge in [0.25, 0.3) is 0 Å². The maximum Gasteiger partial charge on any atom is 0.122 e. The number of hydrogen-bond acceptors (Lipinski definition) is 2. The Bertz CT molecular complexity index is 646. The van der Waals surface area contributed by atoms with Gasteiger partial charge in [0.15, 0.2) is 0 Å². The van der Waals surface area contributed by atoms with Crippen LogP contribution in [0.25, 0.3) is 0 Å². The van der Waals surface area contributed by atoms with Gasteiger partial charge in [-0.2, -0.15) is 0 Å². The maximum atomic E-state index is 5.80. The minimum Gasteiger partial charge on any atom is -0.493 e. The zero-order valence-electron chi connectivity index (χ0n) is 12.5. The smallest absolute Gasteiger partial charge is 0.122 e. The molecule has 1 aromatic carbocycles. The van der Waals surface area contributed by atoms with Crippen molar-refractivity contribution < 1.29 is 4.74 Å². The van der Waals surface area contributed by atoms with Crippen molar-refractivity contribution in [1.82, 2.24) is 9.88 Å². The molecule has 0 amide bonds. The van der Waals surface area contributed by atoms with Crippen molar-refractivity contribution >= 4 is 0 Å². The standard InChI is InChI=1S/C18H22N2O/c1-19-17-7-4-5-13-9-20(11-16(13)17)10-14-12-21-18-8-3-2-6-15(14)18/h2-3,6,8-9,11,14,17,19H,4-5,7,10,12H2,1H3. The monoisotopic (exact) mass is 282 g/mol. The molecule has 110 valence electrons. The van der Waals surface area contributed by atoms with E-state index < -0.39 is 0 Å². The summed E-state index contributed by atoms with van der Waals surface area (Å²) in [5.41, 5.74) is 4.37. The molecule has 1 aliphatic carbocycles. The molecule has 0 bridgehead atoms. The average molecular weight is 282 g/mol. The lowest BCUT2D eigenvalue weighted by Crippen LogP contribution is -2.20. The van der Waals surface area contributed by atoms with Gasteiger partial charge < -0.3 is 14.6 Å². The maximum absolute atomic E-state index is 5.80. The molecule has 1 aromatic heterocycles. The highest BCUT2D eigenvalue weighted by atomic mass is 16.5. The Morgan fingerprint density at radius 1 is 1.24 bits per heavy atom. The molecule has 21 heavy (non-hydrogen) atoms. The molecule has 0 saturated heterocycles. The van der Waals surface area contributed by atoms with Crippen LogP contribution in [0.3, 0.4) is 0 Å². The van der Waals surface area contributed by atoms with Crippen LogP contribution in [0.2, 0.25) is 0 Å². The molecule has 2 heterocycles. The fourth-order valence-corrected chi connectivity index (χ4v) is 3.79.